The molecule has 1 aliphatic rings. The van der Waals surface area contributed by atoms with E-state index in [1.165, 1.54) is 13.2 Å². The van der Waals surface area contributed by atoms with Gasteiger partial charge in [0, 0.05) is 60.4 Å². The van der Waals surface area contributed by atoms with Gasteiger partial charge in [-0.25, -0.2) is 9.18 Å². The maximum Gasteiger partial charge on any atom is 0.406 e. The second-order valence-electron chi connectivity index (χ2n) is 11.3. The molecule has 0 radical (unpaired) electrons. The maximum atomic E-state index is 15.8. The van der Waals surface area contributed by atoms with Crippen molar-refractivity contribution in [1.82, 2.24) is 20.5 Å². The third-order valence-corrected chi connectivity index (χ3v) is 8.51. The van der Waals surface area contributed by atoms with Crippen molar-refractivity contribution in [3.05, 3.63) is 102 Å². The molecule has 1 saturated heterocycles. The molecule has 44 heavy (non-hydrogen) atoms. The van der Waals surface area contributed by atoms with Crippen molar-refractivity contribution in [2.24, 2.45) is 5.92 Å². The molecule has 1 aliphatic heterocycles. The summed E-state index contributed by atoms with van der Waals surface area (Å²) in [4.78, 5) is 31.7. The Morgan fingerprint density at radius 2 is 1.91 bits per heavy atom. The van der Waals surface area contributed by atoms with Crippen LogP contribution < -0.4 is 10.6 Å². The average Bonchev–Trinajstić information content (AvgIpc) is 3.06. The number of carbonyl (C=O) groups excluding carboxylic acids is 2. The van der Waals surface area contributed by atoms with Gasteiger partial charge in [-0.05, 0) is 74.2 Å². The van der Waals surface area contributed by atoms with E-state index in [4.69, 9.17) is 4.74 Å². The molecular weight excluding hydrogens is 559 g/mol. The van der Waals surface area contributed by atoms with Crippen LogP contribution in [0.4, 0.5) is 9.18 Å². The van der Waals surface area contributed by atoms with Crippen LogP contribution in [0.25, 0.3) is 22.0 Å². The number of nitrogens with zero attached hydrogens (tertiary/aromatic N) is 2. The molecule has 8 nitrogen and oxygen atoms in total. The van der Waals surface area contributed by atoms with Crippen LogP contribution in [0.1, 0.15) is 47.2 Å². The van der Waals surface area contributed by atoms with Gasteiger partial charge in [-0.3, -0.25) is 9.78 Å². The predicted octanol–water partition coefficient (Wildman–Crippen LogP) is 5.64. The van der Waals surface area contributed by atoms with Crippen LogP contribution in [0.5, 0.6) is 0 Å². The lowest BCUT2D eigenvalue weighted by Gasteiger charge is -2.43. The minimum atomic E-state index is -1.50. The van der Waals surface area contributed by atoms with E-state index in [9.17, 15) is 14.7 Å². The Morgan fingerprint density at radius 1 is 1.11 bits per heavy atom. The zero-order chi connectivity index (χ0) is 31.1. The highest BCUT2D eigenvalue weighted by atomic mass is 19.1. The Kier molecular flexibility index (Phi) is 9.87. The summed E-state index contributed by atoms with van der Waals surface area (Å²) >= 11 is 0. The summed E-state index contributed by atoms with van der Waals surface area (Å²) in [5.74, 6) is -0.939. The van der Waals surface area contributed by atoms with Crippen molar-refractivity contribution in [3.8, 4) is 11.1 Å². The number of piperidine rings is 1. The summed E-state index contributed by atoms with van der Waals surface area (Å²) < 4.78 is 20.5. The number of amides is 2. The minimum Gasteiger partial charge on any atom is -0.453 e. The van der Waals surface area contributed by atoms with E-state index in [0.29, 0.717) is 55.6 Å². The van der Waals surface area contributed by atoms with E-state index in [2.05, 4.69) is 15.6 Å². The summed E-state index contributed by atoms with van der Waals surface area (Å²) in [5, 5.41) is 19.3. The predicted molar refractivity (Wildman–Crippen MR) is 169 cm³/mol. The number of likely N-dealkylation sites (tertiary alicyclic amines) is 1. The number of halogens is 1. The van der Waals surface area contributed by atoms with Crippen molar-refractivity contribution in [2.75, 3.05) is 33.8 Å². The lowest BCUT2D eigenvalue weighted by molar-refractivity contribution is -0.0564. The lowest BCUT2D eigenvalue weighted by atomic mass is 9.72. The largest absolute Gasteiger partial charge is 0.453 e. The molecule has 4 aromatic rings. The molecule has 2 heterocycles. The quantitative estimate of drug-likeness (QED) is 0.204. The van der Waals surface area contributed by atoms with Crippen molar-refractivity contribution in [3.63, 3.8) is 0 Å². The van der Waals surface area contributed by atoms with Gasteiger partial charge < -0.3 is 25.4 Å². The van der Waals surface area contributed by atoms with Gasteiger partial charge in [0.1, 0.15) is 5.82 Å². The molecule has 5 rings (SSSR count). The summed E-state index contributed by atoms with van der Waals surface area (Å²) in [5.41, 5.74) is 2.26. The third kappa shape index (κ3) is 6.74. The molecule has 1 aromatic heterocycles. The Morgan fingerprint density at radius 3 is 2.68 bits per heavy atom. The summed E-state index contributed by atoms with van der Waals surface area (Å²) in [6.07, 6.45) is 3.07. The second kappa shape index (κ2) is 14.0. The Bertz CT molecular complexity index is 1610. The summed E-state index contributed by atoms with van der Waals surface area (Å²) in [7, 11) is 3.17. The smallest absolute Gasteiger partial charge is 0.406 e. The van der Waals surface area contributed by atoms with E-state index in [1.807, 2.05) is 61.6 Å². The number of para-hydroxylation sites is 1. The van der Waals surface area contributed by atoms with Gasteiger partial charge >= 0.3 is 6.09 Å². The normalized spacial score (nSPS) is 16.4. The molecule has 0 aliphatic carbocycles. The fourth-order valence-corrected chi connectivity index (χ4v) is 6.27. The number of aromatic nitrogens is 1. The number of pyridine rings is 1. The highest BCUT2D eigenvalue weighted by Crippen LogP contribution is 2.44. The molecule has 2 atom stereocenters. The number of aliphatic hydroxyl groups is 1. The zero-order valence-electron chi connectivity index (χ0n) is 25.2. The van der Waals surface area contributed by atoms with Crippen LogP contribution in [-0.2, 0) is 16.9 Å². The van der Waals surface area contributed by atoms with Gasteiger partial charge in [-0.2, -0.15) is 0 Å². The molecule has 1 fully saturated rings. The fraction of sp³-hybridized carbons (Fsp3) is 0.343. The number of rotatable bonds is 10. The van der Waals surface area contributed by atoms with Gasteiger partial charge in [0.15, 0.2) is 0 Å². The standard InChI is InChI=1S/C35H39FN4O4/c1-37-21-24-13-15-25(16-14-24)33(41)40-19-6-9-28(23-40)35(43,17-7-18-38-34(42)44-2)29-10-5-11-30(36)32(29)27-20-26-8-3-4-12-31(26)39-22-27/h3-5,8,10-16,20,22,28,37,43H,6-7,9,17-19,21,23H2,1-2H3,(H,38,42)/t28-,35+/m1/s1. The molecule has 3 N–H and O–H groups in total. The molecule has 9 heteroatoms. The maximum absolute atomic E-state index is 15.8. The number of carbonyl (C=O) groups is 2. The Hall–Kier alpha value is -4.34. The second-order valence-corrected chi connectivity index (χ2v) is 11.3. The zero-order valence-corrected chi connectivity index (χ0v) is 25.2. The number of benzene rings is 3. The number of hydrogen-bond donors (Lipinski definition) is 3. The molecule has 2 amide bonds. The van der Waals surface area contributed by atoms with Gasteiger partial charge in [0.05, 0.1) is 18.2 Å². The van der Waals surface area contributed by atoms with Crippen LogP contribution >= 0.6 is 0 Å². The third-order valence-electron chi connectivity index (χ3n) is 8.51. The van der Waals surface area contributed by atoms with Crippen LogP contribution in [0.2, 0.25) is 0 Å². The van der Waals surface area contributed by atoms with E-state index in [-0.39, 0.29) is 30.4 Å². The van der Waals surface area contributed by atoms with Crippen LogP contribution in [0, 0.1) is 11.7 Å². The van der Waals surface area contributed by atoms with Gasteiger partial charge in [-0.1, -0.05) is 42.5 Å². The Balaban J connectivity index is 1.50. The lowest BCUT2D eigenvalue weighted by Crippen LogP contribution is -2.48. The first-order valence-electron chi connectivity index (χ1n) is 15.0. The van der Waals surface area contributed by atoms with Crippen molar-refractivity contribution < 1.29 is 23.8 Å². The summed E-state index contributed by atoms with van der Waals surface area (Å²) in [6.45, 7) is 1.86. The molecule has 230 valence electrons. The number of alkyl carbamates (subject to hydrolysis) is 1. The fourth-order valence-electron chi connectivity index (χ4n) is 6.27. The number of fused-ring (bicyclic) bond motifs is 1. The highest BCUT2D eigenvalue weighted by molar-refractivity contribution is 5.94. The highest BCUT2D eigenvalue weighted by Gasteiger charge is 2.43. The SMILES string of the molecule is CNCc1ccc(C(=O)N2CCC[C@@H]([C@@](O)(CCCNC(=O)OC)c3cccc(F)c3-c3cnc4ccccc4c3)C2)cc1. The molecule has 0 unspecified atom stereocenters. The van der Waals surface area contributed by atoms with Crippen molar-refractivity contribution in [1.29, 1.82) is 0 Å². The molecule has 0 spiro atoms. The molecular formula is C35H39FN4O4. The molecule has 3 aromatic carbocycles. The monoisotopic (exact) mass is 598 g/mol. The Labute approximate surface area is 257 Å². The minimum absolute atomic E-state index is 0.0985. The van der Waals surface area contributed by atoms with E-state index >= 15 is 4.39 Å². The average molecular weight is 599 g/mol. The van der Waals surface area contributed by atoms with Crippen molar-refractivity contribution in [2.45, 2.75) is 37.8 Å². The molecule has 0 bridgehead atoms. The topological polar surface area (TPSA) is 104 Å². The van der Waals surface area contributed by atoms with E-state index in [0.717, 1.165) is 16.5 Å². The van der Waals surface area contributed by atoms with Crippen LogP contribution in [-0.4, -0.2) is 60.8 Å². The van der Waals surface area contributed by atoms with Crippen LogP contribution in [0.3, 0.4) is 0 Å². The summed E-state index contributed by atoms with van der Waals surface area (Å²) in [6, 6.07) is 21.8. The number of ether oxygens (including phenoxy) is 1. The molecule has 0 saturated carbocycles. The number of methoxy groups -OCH3 is 1. The van der Waals surface area contributed by atoms with Gasteiger partial charge in [-0.15, -0.1) is 0 Å². The first kappa shape index (κ1) is 31.1. The van der Waals surface area contributed by atoms with Crippen LogP contribution in [0.15, 0.2) is 79.0 Å². The van der Waals surface area contributed by atoms with Crippen molar-refractivity contribution >= 4 is 22.9 Å². The number of hydrogen-bond acceptors (Lipinski definition) is 6. The first-order valence-corrected chi connectivity index (χ1v) is 15.0. The van der Waals surface area contributed by atoms with E-state index < -0.39 is 17.5 Å². The van der Waals surface area contributed by atoms with Gasteiger partial charge in [0.25, 0.3) is 5.91 Å². The van der Waals surface area contributed by atoms with E-state index in [1.54, 1.807) is 23.2 Å². The first-order chi connectivity index (χ1) is 21.3. The number of nitrogens with one attached hydrogen (secondary N) is 2. The van der Waals surface area contributed by atoms with Gasteiger partial charge in [0.2, 0.25) is 0 Å².